The summed E-state index contributed by atoms with van der Waals surface area (Å²) in [4.78, 5) is 3.85. The summed E-state index contributed by atoms with van der Waals surface area (Å²) in [6.07, 6.45) is 5.46. The van der Waals surface area contributed by atoms with Gasteiger partial charge in [-0.15, -0.1) is 0 Å². The normalized spacial score (nSPS) is 20.0. The minimum absolute atomic E-state index is 0.517. The molecule has 74 valence electrons. The third kappa shape index (κ3) is 2.09. The smallest absolute Gasteiger partial charge is 0.137 e. The molecular weight excluding hydrogens is 178 g/mol. The molecule has 1 heterocycles. The lowest BCUT2D eigenvalue weighted by Gasteiger charge is -2.22. The molecular formula is C9H13N5. The van der Waals surface area contributed by atoms with E-state index in [1.807, 2.05) is 6.92 Å². The fourth-order valence-electron chi connectivity index (χ4n) is 1.43. The minimum Gasteiger partial charge on any atom is -0.295 e. The van der Waals surface area contributed by atoms with Gasteiger partial charge in [0, 0.05) is 6.04 Å². The zero-order chi connectivity index (χ0) is 10.0. The first-order chi connectivity index (χ1) is 6.72. The van der Waals surface area contributed by atoms with Crippen LogP contribution in [0.1, 0.15) is 19.8 Å². The summed E-state index contributed by atoms with van der Waals surface area (Å²) in [6.45, 7) is 2.44. The fourth-order valence-corrected chi connectivity index (χ4v) is 1.43. The van der Waals surface area contributed by atoms with Gasteiger partial charge in [-0.1, -0.05) is 0 Å². The Bertz CT molecular complexity index is 335. The van der Waals surface area contributed by atoms with E-state index in [1.54, 1.807) is 11.0 Å². The molecule has 0 aromatic carbocycles. The lowest BCUT2D eigenvalue weighted by Crippen LogP contribution is -2.46. The van der Waals surface area contributed by atoms with Gasteiger partial charge in [0.05, 0.1) is 12.6 Å². The van der Waals surface area contributed by atoms with Crippen molar-refractivity contribution >= 4 is 0 Å². The molecule has 5 heteroatoms. The maximum absolute atomic E-state index is 9.09. The summed E-state index contributed by atoms with van der Waals surface area (Å²) in [6, 6.07) is 2.81. The minimum atomic E-state index is -0.533. The van der Waals surface area contributed by atoms with Crippen molar-refractivity contribution in [2.75, 3.05) is 0 Å². The molecule has 0 radical (unpaired) electrons. The number of nitrogens with one attached hydrogen (secondary N) is 1. The van der Waals surface area contributed by atoms with Gasteiger partial charge in [-0.2, -0.15) is 10.4 Å². The topological polar surface area (TPSA) is 66.5 Å². The summed E-state index contributed by atoms with van der Waals surface area (Å²) in [5.41, 5.74) is -0.533. The highest BCUT2D eigenvalue weighted by Crippen LogP contribution is 2.22. The van der Waals surface area contributed by atoms with E-state index in [9.17, 15) is 0 Å². The molecule has 1 aromatic heterocycles. The van der Waals surface area contributed by atoms with Crippen molar-refractivity contribution in [1.29, 1.82) is 5.26 Å². The Kier molecular flexibility index (Phi) is 2.22. The van der Waals surface area contributed by atoms with Crippen molar-refractivity contribution in [2.45, 2.75) is 37.9 Å². The van der Waals surface area contributed by atoms with Crippen LogP contribution in [-0.2, 0) is 6.54 Å². The number of nitrogens with zero attached hydrogens (tertiary/aromatic N) is 4. The Balaban J connectivity index is 2.01. The molecule has 0 spiro atoms. The van der Waals surface area contributed by atoms with E-state index >= 15 is 0 Å². The molecule has 0 aliphatic heterocycles. The van der Waals surface area contributed by atoms with Crippen LogP contribution in [0.2, 0.25) is 0 Å². The first-order valence-corrected chi connectivity index (χ1v) is 4.73. The van der Waals surface area contributed by atoms with Crippen LogP contribution in [0.15, 0.2) is 12.7 Å². The van der Waals surface area contributed by atoms with Gasteiger partial charge in [0.2, 0.25) is 0 Å². The van der Waals surface area contributed by atoms with E-state index in [0.29, 0.717) is 12.6 Å². The van der Waals surface area contributed by atoms with E-state index < -0.39 is 5.54 Å². The molecule has 1 N–H and O–H groups in total. The van der Waals surface area contributed by atoms with Crippen molar-refractivity contribution in [3.05, 3.63) is 12.7 Å². The Morgan fingerprint density at radius 1 is 1.71 bits per heavy atom. The van der Waals surface area contributed by atoms with Crippen LogP contribution in [0.3, 0.4) is 0 Å². The lowest BCUT2D eigenvalue weighted by atomic mass is 10.1. The van der Waals surface area contributed by atoms with Crippen LogP contribution >= 0.6 is 0 Å². The SMILES string of the molecule is CC(C#N)(Cn1cncn1)NC1CC1. The molecule has 2 rings (SSSR count). The van der Waals surface area contributed by atoms with Crippen molar-refractivity contribution < 1.29 is 0 Å². The second-order valence-electron chi connectivity index (χ2n) is 3.96. The second-order valence-corrected chi connectivity index (χ2v) is 3.96. The molecule has 1 aliphatic rings. The average molecular weight is 191 g/mol. The zero-order valence-corrected chi connectivity index (χ0v) is 8.14. The molecule has 0 saturated heterocycles. The Morgan fingerprint density at radius 3 is 3.00 bits per heavy atom. The first-order valence-electron chi connectivity index (χ1n) is 4.73. The first kappa shape index (κ1) is 9.16. The summed E-state index contributed by atoms with van der Waals surface area (Å²) in [5, 5.41) is 16.4. The number of rotatable bonds is 4. The lowest BCUT2D eigenvalue weighted by molar-refractivity contribution is 0.367. The maximum atomic E-state index is 9.09. The van der Waals surface area contributed by atoms with Crippen LogP contribution in [0.4, 0.5) is 0 Å². The fraction of sp³-hybridized carbons (Fsp3) is 0.667. The number of nitriles is 1. The van der Waals surface area contributed by atoms with Crippen molar-refractivity contribution in [1.82, 2.24) is 20.1 Å². The maximum Gasteiger partial charge on any atom is 0.137 e. The summed E-state index contributed by atoms with van der Waals surface area (Å²) in [7, 11) is 0. The van der Waals surface area contributed by atoms with Gasteiger partial charge in [-0.05, 0) is 19.8 Å². The van der Waals surface area contributed by atoms with Crippen LogP contribution in [-0.4, -0.2) is 26.3 Å². The Labute approximate surface area is 82.7 Å². The van der Waals surface area contributed by atoms with E-state index in [1.165, 1.54) is 19.2 Å². The third-order valence-corrected chi connectivity index (χ3v) is 2.29. The molecule has 1 saturated carbocycles. The summed E-state index contributed by atoms with van der Waals surface area (Å²) >= 11 is 0. The standard InChI is InChI=1S/C9H13N5/c1-9(4-10,13-8-2-3-8)5-14-7-11-6-12-14/h6-8,13H,2-3,5H2,1H3. The van der Waals surface area contributed by atoms with Crippen molar-refractivity contribution in [2.24, 2.45) is 0 Å². The molecule has 1 atom stereocenters. The Morgan fingerprint density at radius 2 is 2.50 bits per heavy atom. The highest BCUT2D eigenvalue weighted by atomic mass is 15.3. The van der Waals surface area contributed by atoms with Gasteiger partial charge in [-0.3, -0.25) is 10.00 Å². The van der Waals surface area contributed by atoms with Gasteiger partial charge in [0.15, 0.2) is 0 Å². The van der Waals surface area contributed by atoms with Crippen molar-refractivity contribution in [3.8, 4) is 6.07 Å². The predicted octanol–water partition coefficient (Wildman–Crippen LogP) is 0.312. The van der Waals surface area contributed by atoms with E-state index in [2.05, 4.69) is 21.5 Å². The van der Waals surface area contributed by atoms with Gasteiger partial charge >= 0.3 is 0 Å². The molecule has 0 amide bonds. The van der Waals surface area contributed by atoms with Crippen LogP contribution in [0, 0.1) is 11.3 Å². The van der Waals surface area contributed by atoms with Gasteiger partial charge < -0.3 is 0 Å². The molecule has 1 aromatic rings. The summed E-state index contributed by atoms with van der Waals surface area (Å²) < 4.78 is 1.68. The van der Waals surface area contributed by atoms with Crippen LogP contribution < -0.4 is 5.32 Å². The summed E-state index contributed by atoms with van der Waals surface area (Å²) in [5.74, 6) is 0. The second kappa shape index (κ2) is 3.39. The van der Waals surface area contributed by atoms with E-state index in [0.717, 1.165) is 0 Å². The quantitative estimate of drug-likeness (QED) is 0.744. The van der Waals surface area contributed by atoms with Crippen LogP contribution in [0.25, 0.3) is 0 Å². The monoisotopic (exact) mass is 191 g/mol. The van der Waals surface area contributed by atoms with E-state index in [-0.39, 0.29) is 0 Å². The number of aromatic nitrogens is 3. The number of hydrogen-bond donors (Lipinski definition) is 1. The highest BCUT2D eigenvalue weighted by Gasteiger charge is 2.32. The third-order valence-electron chi connectivity index (χ3n) is 2.29. The average Bonchev–Trinajstić information content (AvgIpc) is 2.81. The van der Waals surface area contributed by atoms with Crippen molar-refractivity contribution in [3.63, 3.8) is 0 Å². The van der Waals surface area contributed by atoms with Gasteiger partial charge in [-0.25, -0.2) is 4.98 Å². The molecule has 0 bridgehead atoms. The zero-order valence-electron chi connectivity index (χ0n) is 8.14. The largest absolute Gasteiger partial charge is 0.295 e. The molecule has 14 heavy (non-hydrogen) atoms. The van der Waals surface area contributed by atoms with E-state index in [4.69, 9.17) is 5.26 Å². The number of hydrogen-bond acceptors (Lipinski definition) is 4. The predicted molar refractivity (Wildman–Crippen MR) is 50.2 cm³/mol. The van der Waals surface area contributed by atoms with Gasteiger partial charge in [0.25, 0.3) is 0 Å². The molecule has 5 nitrogen and oxygen atoms in total. The van der Waals surface area contributed by atoms with Gasteiger partial charge in [0.1, 0.15) is 18.2 Å². The highest BCUT2D eigenvalue weighted by molar-refractivity contribution is 5.06. The van der Waals surface area contributed by atoms with Crippen LogP contribution in [0.5, 0.6) is 0 Å². The molecule has 1 fully saturated rings. The Hall–Kier alpha value is -1.41. The molecule has 1 aliphatic carbocycles. The molecule has 1 unspecified atom stereocenters.